The summed E-state index contributed by atoms with van der Waals surface area (Å²) in [6, 6.07) is 0. The van der Waals surface area contributed by atoms with Gasteiger partial charge in [-0.05, 0) is 37.4 Å². The van der Waals surface area contributed by atoms with E-state index in [2.05, 4.69) is 13.8 Å². The topological polar surface area (TPSA) is 71.1 Å². The van der Waals surface area contributed by atoms with E-state index in [1.807, 2.05) is 46.4 Å². The molecule has 240 valence electrons. The summed E-state index contributed by atoms with van der Waals surface area (Å²) < 4.78 is 35.2. The Bertz CT molecular complexity index is 639. The number of ether oxygens (including phenoxy) is 1. The minimum Gasteiger partial charge on any atom is -0.433 e. The van der Waals surface area contributed by atoms with Gasteiger partial charge in [0.2, 0.25) is 0 Å². The van der Waals surface area contributed by atoms with Crippen LogP contribution in [0.25, 0.3) is 0 Å². The van der Waals surface area contributed by atoms with Gasteiger partial charge in [0.25, 0.3) is 0 Å². The van der Waals surface area contributed by atoms with Crippen LogP contribution in [0.1, 0.15) is 164 Å². The van der Waals surface area contributed by atoms with Gasteiger partial charge in [-0.25, -0.2) is 9.36 Å². The number of hydrogen-bond donors (Lipinski definition) is 0. The summed E-state index contributed by atoms with van der Waals surface area (Å²) in [6.45, 7) is 14.5. The third kappa shape index (κ3) is 24.4. The van der Waals surface area contributed by atoms with E-state index < -0.39 is 14.0 Å². The molecule has 0 saturated heterocycles. The fourth-order valence-electron chi connectivity index (χ4n) is 4.35. The zero-order valence-electron chi connectivity index (χ0n) is 27.3. The summed E-state index contributed by atoms with van der Waals surface area (Å²) in [4.78, 5) is 12.3. The lowest BCUT2D eigenvalue weighted by molar-refractivity contribution is 0.0401. The first kappa shape index (κ1) is 39.8. The Morgan fingerprint density at radius 3 is 1.75 bits per heavy atom. The highest BCUT2D eigenvalue weighted by Gasteiger charge is 2.37. The van der Waals surface area contributed by atoms with Crippen molar-refractivity contribution in [1.82, 2.24) is 0 Å². The second kappa shape index (κ2) is 25.3. The van der Waals surface area contributed by atoms with Crippen molar-refractivity contribution in [3.63, 3.8) is 0 Å². The van der Waals surface area contributed by atoms with E-state index in [1.165, 1.54) is 96.3 Å². The Morgan fingerprint density at radius 1 is 0.750 bits per heavy atom. The first-order chi connectivity index (χ1) is 19.1. The Hall–Kier alpha value is -0.230. The van der Waals surface area contributed by atoms with Gasteiger partial charge >= 0.3 is 14.0 Å². The lowest BCUT2D eigenvalue weighted by Gasteiger charge is -2.27. The van der Waals surface area contributed by atoms with Gasteiger partial charge in [-0.3, -0.25) is 9.05 Å². The molecular weight excluding hydrogens is 543 g/mol. The molecule has 0 aliphatic rings. The van der Waals surface area contributed by atoms with Crippen LogP contribution in [0.15, 0.2) is 0 Å². The molecule has 0 saturated carbocycles. The Kier molecular flexibility index (Phi) is 25.1. The van der Waals surface area contributed by atoms with E-state index in [4.69, 9.17) is 18.3 Å². The number of rotatable bonds is 27. The number of phosphoric ester groups is 1. The molecule has 0 aliphatic heterocycles. The maximum atomic E-state index is 13.4. The van der Waals surface area contributed by atoms with Crippen LogP contribution in [0.3, 0.4) is 0 Å². The average molecular weight is 609 g/mol. The molecule has 6 nitrogen and oxygen atoms in total. The summed E-state index contributed by atoms with van der Waals surface area (Å²) in [5, 5.41) is 0.164. The highest BCUT2D eigenvalue weighted by Crippen LogP contribution is 2.52. The zero-order valence-corrected chi connectivity index (χ0v) is 29.0. The van der Waals surface area contributed by atoms with Crippen molar-refractivity contribution in [2.45, 2.75) is 175 Å². The van der Waals surface area contributed by atoms with E-state index in [-0.39, 0.29) is 30.0 Å². The molecule has 0 aromatic carbocycles. The van der Waals surface area contributed by atoms with Crippen molar-refractivity contribution in [3.05, 3.63) is 0 Å². The van der Waals surface area contributed by atoms with Gasteiger partial charge in [-0.1, -0.05) is 138 Å². The molecule has 0 rings (SSSR count). The number of hydrogen-bond acceptors (Lipinski definition) is 7. The monoisotopic (exact) mass is 608 g/mol. The quantitative estimate of drug-likeness (QED) is 0.0522. The molecule has 0 amide bonds. The predicted molar refractivity (Wildman–Crippen MR) is 172 cm³/mol. The number of unbranched alkanes of at least 4 members (excludes halogenated alkanes) is 14. The number of carbonyl (C=O) groups is 1. The fourth-order valence-corrected chi connectivity index (χ4v) is 7.12. The molecule has 0 bridgehead atoms. The molecule has 0 aromatic rings. The van der Waals surface area contributed by atoms with E-state index in [9.17, 15) is 9.36 Å². The molecule has 3 atom stereocenters. The van der Waals surface area contributed by atoms with Crippen LogP contribution in [0.5, 0.6) is 0 Å². The van der Waals surface area contributed by atoms with Crippen LogP contribution < -0.4 is 0 Å². The standard InChI is InChI=1S/C32H65O6PS/c1-8-11-13-15-16-17-18-19-20-22-24-27-40-30(25-23-21-14-12-9-2)29(4)37-39(34,36-26-10-3)38-31(33)35-28-32(5,6)7/h29-30H,8-28H2,1-7H3. The van der Waals surface area contributed by atoms with Gasteiger partial charge in [0.05, 0.1) is 19.3 Å². The molecule has 40 heavy (non-hydrogen) atoms. The van der Waals surface area contributed by atoms with Crippen LogP contribution in [-0.2, 0) is 22.9 Å². The van der Waals surface area contributed by atoms with Gasteiger partial charge in [0.15, 0.2) is 0 Å². The third-order valence-corrected chi connectivity index (χ3v) is 9.79. The molecule has 0 radical (unpaired) electrons. The Morgan fingerprint density at radius 2 is 1.25 bits per heavy atom. The largest absolute Gasteiger partial charge is 0.534 e. The van der Waals surface area contributed by atoms with Crippen LogP contribution in [0.4, 0.5) is 4.79 Å². The normalized spacial score (nSPS) is 15.0. The first-order valence-electron chi connectivity index (χ1n) is 16.5. The molecule has 0 aromatic heterocycles. The number of phosphoric acid groups is 1. The smallest absolute Gasteiger partial charge is 0.433 e. The summed E-state index contributed by atoms with van der Waals surface area (Å²) in [6.07, 6.45) is 20.9. The van der Waals surface area contributed by atoms with Crippen molar-refractivity contribution in [2.24, 2.45) is 5.41 Å². The van der Waals surface area contributed by atoms with Gasteiger partial charge in [-0.2, -0.15) is 11.8 Å². The highest BCUT2D eigenvalue weighted by atomic mass is 32.2. The van der Waals surface area contributed by atoms with Gasteiger partial charge in [0, 0.05) is 5.25 Å². The SMILES string of the molecule is CCCCCCCCCCCCCSC(CCCCCCC)C(C)OP(=O)(OCCC)OC(=O)OCC(C)(C)C. The lowest BCUT2D eigenvalue weighted by atomic mass is 9.99. The predicted octanol–water partition coefficient (Wildman–Crippen LogP) is 11.9. The molecule has 8 heteroatoms. The maximum Gasteiger partial charge on any atom is 0.534 e. The fraction of sp³-hybridized carbons (Fsp3) is 0.969. The molecule has 0 fully saturated rings. The van der Waals surface area contributed by atoms with Crippen molar-refractivity contribution in [3.8, 4) is 0 Å². The van der Waals surface area contributed by atoms with Gasteiger partial charge < -0.3 is 9.26 Å². The minimum atomic E-state index is -4.09. The van der Waals surface area contributed by atoms with E-state index in [1.54, 1.807) is 0 Å². The van der Waals surface area contributed by atoms with Gasteiger partial charge in [0.1, 0.15) is 0 Å². The summed E-state index contributed by atoms with van der Waals surface area (Å²) in [5.41, 5.74) is -0.227. The number of thioether (sulfide) groups is 1. The molecule has 0 spiro atoms. The van der Waals surface area contributed by atoms with E-state index in [0.29, 0.717) is 6.42 Å². The number of carbonyl (C=O) groups excluding carboxylic acids is 1. The van der Waals surface area contributed by atoms with Crippen molar-refractivity contribution in [2.75, 3.05) is 19.0 Å². The molecule has 0 heterocycles. The molecule has 0 aliphatic carbocycles. The second-order valence-electron chi connectivity index (χ2n) is 12.4. The first-order valence-corrected chi connectivity index (χ1v) is 19.0. The summed E-state index contributed by atoms with van der Waals surface area (Å²) in [5.74, 6) is 1.05. The van der Waals surface area contributed by atoms with Crippen LogP contribution in [0.2, 0.25) is 0 Å². The average Bonchev–Trinajstić information content (AvgIpc) is 2.89. The van der Waals surface area contributed by atoms with Crippen molar-refractivity contribution < 1.29 is 27.7 Å². The van der Waals surface area contributed by atoms with Crippen molar-refractivity contribution >= 4 is 25.7 Å². The van der Waals surface area contributed by atoms with Crippen LogP contribution in [-0.4, -0.2) is 36.5 Å². The second-order valence-corrected chi connectivity index (χ2v) is 15.3. The van der Waals surface area contributed by atoms with Gasteiger partial charge in [-0.15, -0.1) is 0 Å². The molecule has 3 unspecified atom stereocenters. The van der Waals surface area contributed by atoms with Crippen molar-refractivity contribution in [1.29, 1.82) is 0 Å². The molecule has 0 N–H and O–H groups in total. The molecular formula is C32H65O6PS. The van der Waals surface area contributed by atoms with E-state index in [0.717, 1.165) is 18.6 Å². The minimum absolute atomic E-state index is 0.157. The Balaban J connectivity index is 4.78. The van der Waals surface area contributed by atoms with Crippen LogP contribution >= 0.6 is 19.6 Å². The zero-order chi connectivity index (χ0) is 30.1. The highest BCUT2D eigenvalue weighted by molar-refractivity contribution is 7.99. The van der Waals surface area contributed by atoms with E-state index >= 15 is 0 Å². The Labute approximate surface area is 252 Å². The summed E-state index contributed by atoms with van der Waals surface area (Å²) >= 11 is 1.90. The third-order valence-electron chi connectivity index (χ3n) is 6.75. The summed E-state index contributed by atoms with van der Waals surface area (Å²) in [7, 11) is -4.09. The lowest BCUT2D eigenvalue weighted by Crippen LogP contribution is -2.25. The maximum absolute atomic E-state index is 13.4. The van der Waals surface area contributed by atoms with Crippen LogP contribution in [0, 0.1) is 5.41 Å².